The Balaban J connectivity index is 1.88. The number of hydrogen-bond acceptors (Lipinski definition) is 3. The zero-order valence-electron chi connectivity index (χ0n) is 10.8. The van der Waals surface area contributed by atoms with E-state index in [1.54, 1.807) is 0 Å². The lowest BCUT2D eigenvalue weighted by Crippen LogP contribution is -2.09. The Morgan fingerprint density at radius 1 is 1.22 bits per heavy atom. The first-order chi connectivity index (χ1) is 8.81. The molecule has 3 heteroatoms. The minimum atomic E-state index is -0.327. The van der Waals surface area contributed by atoms with Crippen LogP contribution in [0.5, 0.6) is 5.75 Å². The monoisotopic (exact) mass is 250 g/mol. The Hall–Kier alpha value is -1.06. The normalized spacial score (nSPS) is 18.4. The zero-order chi connectivity index (χ0) is 12.8. The third-order valence-electron chi connectivity index (χ3n) is 3.47. The molecular weight excluding hydrogens is 228 g/mol. The van der Waals surface area contributed by atoms with E-state index >= 15 is 0 Å². The van der Waals surface area contributed by atoms with E-state index in [9.17, 15) is 5.11 Å². The van der Waals surface area contributed by atoms with Crippen molar-refractivity contribution in [1.82, 2.24) is 0 Å². The van der Waals surface area contributed by atoms with Gasteiger partial charge in [0.1, 0.15) is 5.75 Å². The first-order valence-electron chi connectivity index (χ1n) is 6.86. The van der Waals surface area contributed by atoms with Gasteiger partial charge < -0.3 is 14.9 Å². The van der Waals surface area contributed by atoms with Gasteiger partial charge in [-0.15, -0.1) is 0 Å². The summed E-state index contributed by atoms with van der Waals surface area (Å²) in [6.45, 7) is 0.930. The minimum absolute atomic E-state index is 0.255. The van der Waals surface area contributed by atoms with Crippen molar-refractivity contribution in [3.63, 3.8) is 0 Å². The summed E-state index contributed by atoms with van der Waals surface area (Å²) in [5, 5.41) is 18.6. The molecule has 0 amide bonds. The highest BCUT2D eigenvalue weighted by Crippen LogP contribution is 2.32. The fraction of sp³-hybridized carbons (Fsp3) is 0.600. The molecular formula is C15H22O3. The summed E-state index contributed by atoms with van der Waals surface area (Å²) in [5.74, 6) is 0.846. The summed E-state index contributed by atoms with van der Waals surface area (Å²) < 4.78 is 5.67. The fourth-order valence-electron chi connectivity index (χ4n) is 2.42. The van der Waals surface area contributed by atoms with Crippen molar-refractivity contribution in [2.75, 3.05) is 13.2 Å². The number of benzene rings is 1. The Labute approximate surface area is 108 Å². The maximum Gasteiger partial charge on any atom is 0.119 e. The van der Waals surface area contributed by atoms with E-state index in [0.29, 0.717) is 6.61 Å². The molecule has 0 aromatic heterocycles. The molecule has 1 aliphatic carbocycles. The highest BCUT2D eigenvalue weighted by molar-refractivity contribution is 5.38. The smallest absolute Gasteiger partial charge is 0.119 e. The lowest BCUT2D eigenvalue weighted by atomic mass is 9.89. The van der Waals surface area contributed by atoms with E-state index in [1.807, 2.05) is 12.1 Å². The molecule has 0 saturated heterocycles. The highest BCUT2D eigenvalue weighted by Gasteiger charge is 2.18. The molecule has 0 saturated carbocycles. The summed E-state index contributed by atoms with van der Waals surface area (Å²) >= 11 is 0. The second-order valence-corrected chi connectivity index (χ2v) is 4.90. The Morgan fingerprint density at radius 3 is 2.94 bits per heavy atom. The van der Waals surface area contributed by atoms with Crippen LogP contribution in [0.3, 0.4) is 0 Å². The van der Waals surface area contributed by atoms with E-state index in [4.69, 9.17) is 9.84 Å². The lowest BCUT2D eigenvalue weighted by molar-refractivity contribution is 0.156. The predicted octanol–water partition coefficient (Wildman–Crippen LogP) is 2.60. The fourth-order valence-corrected chi connectivity index (χ4v) is 2.42. The van der Waals surface area contributed by atoms with Gasteiger partial charge >= 0.3 is 0 Å². The number of aliphatic hydroxyl groups is 2. The van der Waals surface area contributed by atoms with Gasteiger partial charge in [-0.25, -0.2) is 0 Å². The lowest BCUT2D eigenvalue weighted by Gasteiger charge is -2.22. The molecule has 0 fully saturated rings. The van der Waals surface area contributed by atoms with Gasteiger partial charge in [-0.2, -0.15) is 0 Å². The Morgan fingerprint density at radius 2 is 2.11 bits per heavy atom. The van der Waals surface area contributed by atoms with Crippen molar-refractivity contribution < 1.29 is 14.9 Å². The largest absolute Gasteiger partial charge is 0.494 e. The van der Waals surface area contributed by atoms with Gasteiger partial charge in [-0.05, 0) is 61.8 Å². The number of ether oxygens (including phenoxy) is 1. The van der Waals surface area contributed by atoms with Gasteiger partial charge in [-0.1, -0.05) is 6.07 Å². The third-order valence-corrected chi connectivity index (χ3v) is 3.47. The minimum Gasteiger partial charge on any atom is -0.494 e. The molecule has 1 aromatic carbocycles. The second kappa shape index (κ2) is 6.76. The predicted molar refractivity (Wildman–Crippen MR) is 70.8 cm³/mol. The van der Waals surface area contributed by atoms with Crippen molar-refractivity contribution >= 4 is 0 Å². The van der Waals surface area contributed by atoms with Crippen molar-refractivity contribution in [1.29, 1.82) is 0 Å². The number of hydrogen-bond donors (Lipinski definition) is 2. The van der Waals surface area contributed by atoms with Crippen LogP contribution in [0.1, 0.15) is 49.3 Å². The van der Waals surface area contributed by atoms with E-state index in [-0.39, 0.29) is 12.7 Å². The molecule has 0 spiro atoms. The molecule has 18 heavy (non-hydrogen) atoms. The first-order valence-corrected chi connectivity index (χ1v) is 6.86. The Kier molecular flexibility index (Phi) is 5.02. The average Bonchev–Trinajstić information content (AvgIpc) is 2.39. The molecule has 2 N–H and O–H groups in total. The van der Waals surface area contributed by atoms with Crippen LogP contribution in [0.25, 0.3) is 0 Å². The van der Waals surface area contributed by atoms with E-state index in [1.165, 1.54) is 5.56 Å². The molecule has 1 aliphatic rings. The molecule has 1 atom stereocenters. The average molecular weight is 250 g/mol. The first kappa shape index (κ1) is 13.4. The van der Waals surface area contributed by atoms with Crippen LogP contribution in [0.15, 0.2) is 18.2 Å². The van der Waals surface area contributed by atoms with Crippen LogP contribution in [0.2, 0.25) is 0 Å². The van der Waals surface area contributed by atoms with Crippen LogP contribution in [-0.4, -0.2) is 23.4 Å². The van der Waals surface area contributed by atoms with Crippen molar-refractivity contribution in [2.45, 2.75) is 44.6 Å². The van der Waals surface area contributed by atoms with Gasteiger partial charge in [0.25, 0.3) is 0 Å². The molecule has 0 unspecified atom stereocenters. The number of unbranched alkanes of at least 4 members (excludes halogenated alkanes) is 2. The molecule has 2 rings (SSSR count). The molecule has 3 nitrogen and oxygen atoms in total. The summed E-state index contributed by atoms with van der Waals surface area (Å²) in [7, 11) is 0. The summed E-state index contributed by atoms with van der Waals surface area (Å²) in [6, 6.07) is 6.04. The van der Waals surface area contributed by atoms with Crippen LogP contribution >= 0.6 is 0 Å². The molecule has 0 aliphatic heterocycles. The number of rotatable bonds is 6. The third kappa shape index (κ3) is 3.47. The summed E-state index contributed by atoms with van der Waals surface area (Å²) in [5.41, 5.74) is 2.29. The van der Waals surface area contributed by atoms with Gasteiger partial charge in [0, 0.05) is 6.61 Å². The van der Waals surface area contributed by atoms with Gasteiger partial charge in [0.2, 0.25) is 0 Å². The van der Waals surface area contributed by atoms with Crippen LogP contribution < -0.4 is 4.74 Å². The van der Waals surface area contributed by atoms with Crippen molar-refractivity contribution in [2.24, 2.45) is 0 Å². The van der Waals surface area contributed by atoms with Crippen molar-refractivity contribution in [3.8, 4) is 5.75 Å². The molecule has 0 bridgehead atoms. The van der Waals surface area contributed by atoms with Crippen LogP contribution in [0.4, 0.5) is 0 Å². The summed E-state index contributed by atoms with van der Waals surface area (Å²) in [4.78, 5) is 0. The van der Waals surface area contributed by atoms with Gasteiger partial charge in [0.15, 0.2) is 0 Å². The standard InChI is InChI=1S/C15H22O3/c16-9-2-1-3-10-18-13-8-7-12-5-4-6-15(17)14(12)11-13/h7-8,11,15-17H,1-6,9-10H2/t15-/m1/s1. The zero-order valence-corrected chi connectivity index (χ0v) is 10.8. The SMILES string of the molecule is OCCCCCOc1ccc2c(c1)[C@H](O)CCC2. The van der Waals surface area contributed by atoms with Crippen LogP contribution in [-0.2, 0) is 6.42 Å². The molecule has 0 radical (unpaired) electrons. The summed E-state index contributed by atoms with van der Waals surface area (Å²) in [6.07, 6.45) is 5.44. The Bertz CT molecular complexity index is 376. The second-order valence-electron chi connectivity index (χ2n) is 4.90. The number of aliphatic hydroxyl groups excluding tert-OH is 2. The van der Waals surface area contributed by atoms with E-state index < -0.39 is 0 Å². The van der Waals surface area contributed by atoms with Gasteiger partial charge in [0.05, 0.1) is 12.7 Å². The van der Waals surface area contributed by atoms with E-state index in [0.717, 1.165) is 49.8 Å². The molecule has 0 heterocycles. The number of aryl methyl sites for hydroxylation is 1. The maximum absolute atomic E-state index is 9.94. The highest BCUT2D eigenvalue weighted by atomic mass is 16.5. The molecule has 1 aromatic rings. The van der Waals surface area contributed by atoms with Crippen LogP contribution in [0, 0.1) is 0 Å². The van der Waals surface area contributed by atoms with E-state index in [2.05, 4.69) is 6.07 Å². The quantitative estimate of drug-likeness (QED) is 0.763. The van der Waals surface area contributed by atoms with Gasteiger partial charge in [-0.3, -0.25) is 0 Å². The number of fused-ring (bicyclic) bond motifs is 1. The molecule has 100 valence electrons. The van der Waals surface area contributed by atoms with Crippen molar-refractivity contribution in [3.05, 3.63) is 29.3 Å². The topological polar surface area (TPSA) is 49.7 Å². The maximum atomic E-state index is 9.94.